The van der Waals surface area contributed by atoms with Crippen LogP contribution in [0.15, 0.2) is 0 Å². The zero-order valence-corrected chi connectivity index (χ0v) is 33.5. The average molecular weight is 481 g/mol. The Bertz CT molecular complexity index is 36.9. The van der Waals surface area contributed by atoms with Gasteiger partial charge in [-0.05, 0) is 0 Å². The van der Waals surface area contributed by atoms with Gasteiger partial charge in [0.25, 0.3) is 0 Å². The van der Waals surface area contributed by atoms with Crippen molar-refractivity contribution >= 4 is 117 Å². The Morgan fingerprint density at radius 2 is 0.562 bits per heavy atom. The smallest absolute Gasteiger partial charge is 0.813 e. The standard InChI is InChI=1S/6K.6H2O.4H2S.2H2.H/h;;;;;;10*1H2;2*1H;/q;;4*+1;;;;;;;;;;;;;-1/p-3. The first-order chi connectivity index (χ1) is 1.00. The molecule has 0 aliphatic rings. The molecule has 0 aromatic rings. The normalized spacial score (nSPS) is 0.500. The van der Waals surface area contributed by atoms with Gasteiger partial charge in [-0.1, -0.05) is 0 Å². The first kappa shape index (κ1) is 127. The maximum absolute atomic E-state index is 1.25. The van der Waals surface area contributed by atoms with E-state index in [0.29, 0.717) is 0 Å². The van der Waals surface area contributed by atoms with E-state index in [1.54, 1.807) is 0 Å². The van der Waals surface area contributed by atoms with Crippen molar-refractivity contribution in [2.24, 2.45) is 0 Å². The third kappa shape index (κ3) is 119. The molecule has 6 nitrogen and oxygen atoms in total. The van der Waals surface area contributed by atoms with Crippen LogP contribution in [0.25, 0.3) is 0 Å². The molecule has 16 heavy (non-hydrogen) atoms. The first-order valence-corrected chi connectivity index (χ1v) is 17.0. The molecular formula is H22K6O6S4. The summed E-state index contributed by atoms with van der Waals surface area (Å²) in [6.45, 7) is 0. The van der Waals surface area contributed by atoms with E-state index in [0.717, 1.165) is 0 Å². The van der Waals surface area contributed by atoms with Gasteiger partial charge in [0.05, 0.1) is 0 Å². The minimum Gasteiger partial charge on any atom is -0.870 e. The number of rotatable bonds is 0. The van der Waals surface area contributed by atoms with Crippen LogP contribution in [0.2, 0.25) is 0 Å². The van der Waals surface area contributed by atoms with Crippen LogP contribution in [-0.2, 0) is 13.5 Å². The van der Waals surface area contributed by atoms with E-state index < -0.39 is 0 Å². The fourth-order valence-corrected chi connectivity index (χ4v) is 0. The second-order valence-corrected chi connectivity index (χ2v) is 0. The summed E-state index contributed by atoms with van der Waals surface area (Å²) >= 11 is 2.50. The van der Waals surface area contributed by atoms with Gasteiger partial charge in [-0.15, -0.1) is 0 Å². The Hall–Kier alpha value is 11.0. The summed E-state index contributed by atoms with van der Waals surface area (Å²) in [7, 11) is 0. The SMILES string of the molecule is O.O.O.O.S.S.S.[H-].[HH].[HH].[K+].[K+].[K+].[K+].[K][K].[OH-].[OH-].[SH-]. The second-order valence-electron chi connectivity index (χ2n) is 0. The molecule has 0 saturated carbocycles. The fraction of sp³-hybridized carbons (Fsp3) is 0. The minimum atomic E-state index is 0. The molecule has 0 aromatic carbocycles. The molecule has 0 radical (unpaired) electrons. The van der Waals surface area contributed by atoms with Gasteiger partial charge >= 0.3 is 269 Å². The van der Waals surface area contributed by atoms with E-state index in [4.69, 9.17) is 0 Å². The van der Waals surface area contributed by atoms with Gasteiger partial charge < -0.3 is 47.8 Å². The van der Waals surface area contributed by atoms with Crippen molar-refractivity contribution in [1.29, 1.82) is 0 Å². The van der Waals surface area contributed by atoms with Crippen molar-refractivity contribution in [3.63, 3.8) is 0 Å². The Morgan fingerprint density at radius 1 is 0.562 bits per heavy atom. The molecule has 0 saturated heterocycles. The summed E-state index contributed by atoms with van der Waals surface area (Å²) in [5.41, 5.74) is 0. The van der Waals surface area contributed by atoms with Crippen molar-refractivity contribution in [2.45, 2.75) is 0 Å². The maximum atomic E-state index is 1.25. The summed E-state index contributed by atoms with van der Waals surface area (Å²) in [6, 6.07) is 0. The van der Waals surface area contributed by atoms with E-state index in [2.05, 4.69) is 0 Å². The quantitative estimate of drug-likeness (QED) is 0.189. The van der Waals surface area contributed by atoms with Crippen LogP contribution in [0.4, 0.5) is 0 Å². The number of hydrogen-bond acceptors (Lipinski definition) is 3. The van der Waals surface area contributed by atoms with Crippen molar-refractivity contribution in [2.75, 3.05) is 0 Å². The molecule has 0 atom stereocenters. The topological polar surface area (TPSA) is 186 Å². The summed E-state index contributed by atoms with van der Waals surface area (Å²) < 4.78 is 0. The monoisotopic (exact) mass is 480 g/mol. The van der Waals surface area contributed by atoms with E-state index in [1.165, 1.54) is 63.2 Å². The van der Waals surface area contributed by atoms with Gasteiger partial charge in [0.15, 0.2) is 0 Å². The first-order valence-electron chi connectivity index (χ1n) is 1.00. The Kier molecular flexibility index (Phi) is 1070. The Morgan fingerprint density at radius 3 is 0.562 bits per heavy atom. The van der Waals surface area contributed by atoms with Crippen molar-refractivity contribution in [1.82, 2.24) is 0 Å². The maximum Gasteiger partial charge on any atom is -0.813 e. The zero-order chi connectivity index (χ0) is 2.00. The van der Waals surface area contributed by atoms with Crippen LogP contribution in [-0.4, -0.2) is 96.0 Å². The largest absolute Gasteiger partial charge is 0.870 e. The fourth-order valence-electron chi connectivity index (χ4n) is 0. The van der Waals surface area contributed by atoms with E-state index >= 15 is 0 Å². The minimum absolute atomic E-state index is 0. The third-order valence-corrected chi connectivity index (χ3v) is 0. The summed E-state index contributed by atoms with van der Waals surface area (Å²) in [5, 5.41) is 0. The molecule has 0 rings (SSSR count). The molecule has 0 fully saturated rings. The van der Waals surface area contributed by atoms with E-state index in [-0.39, 0.29) is 297 Å². The molecular weight excluding hydrogens is 459 g/mol. The van der Waals surface area contributed by atoms with Gasteiger partial charge in [0.2, 0.25) is 0 Å². The Labute approximate surface area is 345 Å². The second kappa shape index (κ2) is 134. The van der Waals surface area contributed by atoms with Crippen LogP contribution in [0.3, 0.4) is 0 Å². The van der Waals surface area contributed by atoms with Crippen LogP contribution in [0.1, 0.15) is 4.28 Å². The number of hydrogen-bond donors (Lipinski definition) is 0. The molecule has 0 spiro atoms. The Balaban J connectivity index is -0.0000000000368. The van der Waals surface area contributed by atoms with Crippen LogP contribution >= 0.6 is 40.5 Å². The molecule has 0 heterocycles. The molecule has 0 aliphatic heterocycles. The van der Waals surface area contributed by atoms with Crippen LogP contribution < -0.4 is 206 Å². The molecule has 16 heteroatoms. The molecule has 0 aromatic heterocycles. The molecule has 10 N–H and O–H groups in total. The average Bonchev–Trinajstić information content (AvgIpc) is 1.00. The van der Waals surface area contributed by atoms with Crippen LogP contribution in [0.5, 0.6) is 0 Å². The van der Waals surface area contributed by atoms with Gasteiger partial charge in [0.1, 0.15) is 0 Å². The van der Waals surface area contributed by atoms with Gasteiger partial charge in [-0.2, -0.15) is 40.5 Å². The van der Waals surface area contributed by atoms with Gasteiger partial charge in [-0.25, -0.2) is 0 Å². The van der Waals surface area contributed by atoms with E-state index in [1.807, 2.05) is 0 Å². The molecule has 0 amide bonds. The summed E-state index contributed by atoms with van der Waals surface area (Å²) in [6.07, 6.45) is 0. The van der Waals surface area contributed by atoms with E-state index in [9.17, 15) is 0 Å². The molecule has 0 aliphatic carbocycles. The van der Waals surface area contributed by atoms with Crippen molar-refractivity contribution < 1.29 is 243 Å². The predicted octanol–water partition coefficient (Wildman–Crippen LogP) is -15.7. The molecule has 88 valence electrons. The van der Waals surface area contributed by atoms with Crippen molar-refractivity contribution in [3.05, 3.63) is 0 Å². The molecule has 0 unspecified atom stereocenters. The van der Waals surface area contributed by atoms with Crippen molar-refractivity contribution in [3.8, 4) is 0 Å². The predicted molar refractivity (Wildman–Crippen MR) is 75.1 cm³/mol. The summed E-state index contributed by atoms with van der Waals surface area (Å²) in [5.74, 6) is 0. The zero-order valence-electron chi connectivity index (χ0n) is 11.8. The van der Waals surface area contributed by atoms with Gasteiger partial charge in [-0.3, -0.25) is 0 Å². The van der Waals surface area contributed by atoms with Gasteiger partial charge in [0, 0.05) is 2.85 Å². The molecule has 0 bridgehead atoms. The third-order valence-electron chi connectivity index (χ3n) is 0. The summed E-state index contributed by atoms with van der Waals surface area (Å²) in [4.78, 5) is 0. The number of thiol groups is 1. The van der Waals surface area contributed by atoms with Crippen LogP contribution in [0, 0.1) is 0 Å².